The lowest BCUT2D eigenvalue weighted by Crippen LogP contribution is -2.23. The highest BCUT2D eigenvalue weighted by Crippen LogP contribution is 2.35. The molecule has 0 amide bonds. The van der Waals surface area contributed by atoms with Crippen LogP contribution in [0.1, 0.15) is 12.8 Å². The summed E-state index contributed by atoms with van der Waals surface area (Å²) in [6, 6.07) is 3.77. The average Bonchev–Trinajstić information content (AvgIpc) is 2.36. The number of benzene rings is 1. The Morgan fingerprint density at radius 1 is 1.35 bits per heavy atom. The van der Waals surface area contributed by atoms with E-state index in [4.69, 9.17) is 27.9 Å². The Morgan fingerprint density at radius 3 is 2.88 bits per heavy atom. The lowest BCUT2D eigenvalue weighted by Gasteiger charge is -2.20. The first-order valence-corrected chi connectivity index (χ1v) is 6.91. The number of anilines is 1. The van der Waals surface area contributed by atoms with Crippen LogP contribution < -0.4 is 5.32 Å². The topological polar surface area (TPSA) is 21.3 Å². The fourth-order valence-electron chi connectivity index (χ4n) is 1.62. The Labute approximate surface area is 119 Å². The molecule has 5 heteroatoms. The van der Waals surface area contributed by atoms with Crippen LogP contribution in [-0.4, -0.2) is 12.6 Å². The summed E-state index contributed by atoms with van der Waals surface area (Å²) in [5.74, 6) is 0. The quantitative estimate of drug-likeness (QED) is 0.796. The molecule has 0 aliphatic carbocycles. The molecule has 0 saturated carbocycles. The molecule has 0 fully saturated rings. The maximum absolute atomic E-state index is 6.14. The van der Waals surface area contributed by atoms with Gasteiger partial charge in [0.25, 0.3) is 0 Å². The molecule has 2 rings (SSSR count). The molecule has 1 aromatic rings. The molecule has 2 nitrogen and oxygen atoms in total. The first-order valence-electron chi connectivity index (χ1n) is 5.36. The molecule has 1 aromatic carbocycles. The first-order chi connectivity index (χ1) is 8.18. The Morgan fingerprint density at radius 2 is 2.18 bits per heavy atom. The van der Waals surface area contributed by atoms with E-state index in [1.165, 1.54) is 0 Å². The maximum atomic E-state index is 6.14. The summed E-state index contributed by atoms with van der Waals surface area (Å²) >= 11 is 15.5. The summed E-state index contributed by atoms with van der Waals surface area (Å²) in [6.45, 7) is 0.724. The number of rotatable bonds is 3. The third-order valence-corrected chi connectivity index (χ3v) is 4.35. The molecule has 1 N–H and O–H groups in total. The van der Waals surface area contributed by atoms with E-state index in [2.05, 4.69) is 21.2 Å². The molecule has 1 aliphatic heterocycles. The Kier molecular flexibility index (Phi) is 4.60. The summed E-state index contributed by atoms with van der Waals surface area (Å²) in [7, 11) is 0. The van der Waals surface area contributed by atoms with Gasteiger partial charge in [0.15, 0.2) is 0 Å². The van der Waals surface area contributed by atoms with E-state index < -0.39 is 0 Å². The second kappa shape index (κ2) is 5.98. The van der Waals surface area contributed by atoms with Crippen LogP contribution in [0.2, 0.25) is 10.0 Å². The van der Waals surface area contributed by atoms with Gasteiger partial charge < -0.3 is 10.1 Å². The number of hydrogen-bond acceptors (Lipinski definition) is 2. The molecule has 0 saturated heterocycles. The smallest absolute Gasteiger partial charge is 0.115 e. The van der Waals surface area contributed by atoms with Crippen molar-refractivity contribution < 1.29 is 4.74 Å². The van der Waals surface area contributed by atoms with E-state index in [1.807, 2.05) is 18.2 Å². The molecule has 1 aliphatic rings. The van der Waals surface area contributed by atoms with E-state index >= 15 is 0 Å². The van der Waals surface area contributed by atoms with Crippen molar-refractivity contribution in [1.29, 1.82) is 0 Å². The molecule has 0 bridgehead atoms. The fraction of sp³-hybridized carbons (Fsp3) is 0.333. The lowest BCUT2D eigenvalue weighted by atomic mass is 10.1. The zero-order valence-electron chi connectivity index (χ0n) is 9.05. The van der Waals surface area contributed by atoms with E-state index in [-0.39, 0.29) is 6.10 Å². The van der Waals surface area contributed by atoms with E-state index in [1.54, 1.807) is 6.26 Å². The predicted octanol–water partition coefficient (Wildman–Crippen LogP) is 4.86. The molecule has 17 heavy (non-hydrogen) atoms. The van der Waals surface area contributed by atoms with Gasteiger partial charge in [-0.2, -0.15) is 0 Å². The normalized spacial score (nSPS) is 18.9. The van der Waals surface area contributed by atoms with E-state index in [0.717, 1.165) is 29.5 Å². The molecule has 0 radical (unpaired) electrons. The zero-order chi connectivity index (χ0) is 12.3. The molecule has 0 spiro atoms. The van der Waals surface area contributed by atoms with Gasteiger partial charge in [0.1, 0.15) is 6.10 Å². The maximum Gasteiger partial charge on any atom is 0.115 e. The van der Waals surface area contributed by atoms with Crippen molar-refractivity contribution in [2.75, 3.05) is 11.9 Å². The zero-order valence-corrected chi connectivity index (χ0v) is 12.1. The van der Waals surface area contributed by atoms with Crippen LogP contribution in [0.25, 0.3) is 0 Å². The molecular formula is C12H12BrCl2NO. The minimum atomic E-state index is 0.193. The second-order valence-electron chi connectivity index (χ2n) is 3.81. The van der Waals surface area contributed by atoms with Gasteiger partial charge >= 0.3 is 0 Å². The van der Waals surface area contributed by atoms with Crippen molar-refractivity contribution in [3.63, 3.8) is 0 Å². The third kappa shape index (κ3) is 3.30. The number of hydrogen-bond donors (Lipinski definition) is 1. The van der Waals surface area contributed by atoms with Crippen LogP contribution in [0, 0.1) is 0 Å². The average molecular weight is 337 g/mol. The highest BCUT2D eigenvalue weighted by atomic mass is 79.9. The second-order valence-corrected chi connectivity index (χ2v) is 5.42. The Balaban J connectivity index is 1.99. The summed E-state index contributed by atoms with van der Waals surface area (Å²) in [6.07, 6.45) is 6.05. The van der Waals surface area contributed by atoms with E-state index in [0.29, 0.717) is 10.0 Å². The van der Waals surface area contributed by atoms with Crippen LogP contribution in [0.4, 0.5) is 5.69 Å². The fourth-order valence-corrected chi connectivity index (χ4v) is 2.46. The summed E-state index contributed by atoms with van der Waals surface area (Å²) in [5, 5.41) is 4.32. The standard InChI is InChI=1S/C12H12BrCl2NO/c13-9-4-5-10(12(15)11(9)14)16-7-8-3-1-2-6-17-8/h2,4-6,8,16H,1,3,7H2. The Bertz CT molecular complexity index is 437. The van der Waals surface area contributed by atoms with Crippen molar-refractivity contribution in [3.8, 4) is 0 Å². The van der Waals surface area contributed by atoms with Crippen LogP contribution >= 0.6 is 39.1 Å². The Hall–Kier alpha value is -0.380. The third-order valence-electron chi connectivity index (χ3n) is 2.58. The number of allylic oxidation sites excluding steroid dienone is 1. The molecular weight excluding hydrogens is 325 g/mol. The lowest BCUT2D eigenvalue weighted by molar-refractivity contribution is 0.135. The van der Waals surface area contributed by atoms with Gasteiger partial charge in [-0.05, 0) is 47.0 Å². The monoisotopic (exact) mass is 335 g/mol. The van der Waals surface area contributed by atoms with Crippen molar-refractivity contribution in [1.82, 2.24) is 0 Å². The van der Waals surface area contributed by atoms with Gasteiger partial charge in [-0.25, -0.2) is 0 Å². The minimum Gasteiger partial charge on any atom is -0.497 e. The van der Waals surface area contributed by atoms with Gasteiger partial charge in [-0.1, -0.05) is 23.2 Å². The minimum absolute atomic E-state index is 0.193. The van der Waals surface area contributed by atoms with Crippen LogP contribution in [-0.2, 0) is 4.74 Å². The van der Waals surface area contributed by atoms with Crippen LogP contribution in [0.5, 0.6) is 0 Å². The van der Waals surface area contributed by atoms with Crippen molar-refractivity contribution in [2.45, 2.75) is 18.9 Å². The van der Waals surface area contributed by atoms with Crippen LogP contribution in [0.3, 0.4) is 0 Å². The van der Waals surface area contributed by atoms with Crippen LogP contribution in [0.15, 0.2) is 28.9 Å². The molecule has 0 aromatic heterocycles. The van der Waals surface area contributed by atoms with Gasteiger partial charge in [0.2, 0.25) is 0 Å². The molecule has 1 heterocycles. The summed E-state index contributed by atoms with van der Waals surface area (Å²) < 4.78 is 6.26. The van der Waals surface area contributed by atoms with Gasteiger partial charge in [0.05, 0.1) is 28.5 Å². The number of ether oxygens (including phenoxy) is 1. The van der Waals surface area contributed by atoms with E-state index in [9.17, 15) is 0 Å². The largest absolute Gasteiger partial charge is 0.497 e. The molecule has 92 valence electrons. The van der Waals surface area contributed by atoms with Crippen molar-refractivity contribution >= 4 is 44.8 Å². The van der Waals surface area contributed by atoms with Gasteiger partial charge in [0, 0.05) is 4.47 Å². The highest BCUT2D eigenvalue weighted by Gasteiger charge is 2.13. The predicted molar refractivity (Wildman–Crippen MR) is 75.9 cm³/mol. The summed E-state index contributed by atoms with van der Waals surface area (Å²) in [5.41, 5.74) is 0.831. The van der Waals surface area contributed by atoms with Crippen molar-refractivity contribution in [2.24, 2.45) is 0 Å². The highest BCUT2D eigenvalue weighted by molar-refractivity contribution is 9.10. The van der Waals surface area contributed by atoms with Crippen molar-refractivity contribution in [3.05, 3.63) is 39.0 Å². The number of halogens is 3. The summed E-state index contributed by atoms with van der Waals surface area (Å²) in [4.78, 5) is 0. The SMILES string of the molecule is Clc1c(Br)ccc(NCC2CCC=CO2)c1Cl. The molecule has 1 unspecified atom stereocenters. The molecule has 1 atom stereocenters. The van der Waals surface area contributed by atoms with Gasteiger partial charge in [-0.15, -0.1) is 0 Å². The number of nitrogens with one attached hydrogen (secondary N) is 1. The van der Waals surface area contributed by atoms with Gasteiger partial charge in [-0.3, -0.25) is 0 Å². The first kappa shape index (κ1) is 13.1.